The van der Waals surface area contributed by atoms with Crippen LogP contribution in [0.3, 0.4) is 0 Å². The van der Waals surface area contributed by atoms with E-state index in [2.05, 4.69) is 48.3 Å². The standard InChI is InChI=1S/C23H30N2O2S/c1-23(2)13-11-16(12-14-23)15-3-5-17(6-4-15)20-24-25-21(28-20)18-7-9-19(10-8-18)22(26)27/h3-6,16,18-19H,7-14H2,1-2H3,(H,26,27)/t18-,19-. The van der Waals surface area contributed by atoms with E-state index in [9.17, 15) is 4.79 Å². The van der Waals surface area contributed by atoms with Gasteiger partial charge >= 0.3 is 5.97 Å². The molecule has 5 heteroatoms. The Labute approximate surface area is 171 Å². The zero-order chi connectivity index (χ0) is 19.7. The average molecular weight is 399 g/mol. The molecule has 0 bridgehead atoms. The molecule has 0 saturated heterocycles. The second-order valence-electron chi connectivity index (χ2n) is 9.39. The number of aliphatic carboxylic acids is 1. The van der Waals surface area contributed by atoms with Crippen LogP contribution in [0.25, 0.3) is 10.6 Å². The van der Waals surface area contributed by atoms with E-state index in [1.807, 2.05) is 0 Å². The monoisotopic (exact) mass is 398 g/mol. The van der Waals surface area contributed by atoms with Gasteiger partial charge in [0, 0.05) is 11.5 Å². The van der Waals surface area contributed by atoms with Crippen molar-refractivity contribution in [3.05, 3.63) is 34.8 Å². The van der Waals surface area contributed by atoms with E-state index in [1.54, 1.807) is 11.3 Å². The Kier molecular flexibility index (Phi) is 5.55. The van der Waals surface area contributed by atoms with Gasteiger partial charge in [-0.15, -0.1) is 10.2 Å². The Balaban J connectivity index is 1.40. The molecule has 0 unspecified atom stereocenters. The van der Waals surface area contributed by atoms with Crippen molar-refractivity contribution in [2.24, 2.45) is 11.3 Å². The third-order valence-electron chi connectivity index (χ3n) is 6.83. The van der Waals surface area contributed by atoms with Crippen molar-refractivity contribution < 1.29 is 9.90 Å². The van der Waals surface area contributed by atoms with Crippen LogP contribution in [0.1, 0.15) is 87.6 Å². The highest BCUT2D eigenvalue weighted by Gasteiger charge is 2.29. The van der Waals surface area contributed by atoms with Gasteiger partial charge in [-0.3, -0.25) is 4.79 Å². The fourth-order valence-electron chi connectivity index (χ4n) is 4.73. The molecule has 0 atom stereocenters. The molecule has 0 aliphatic heterocycles. The Morgan fingerprint density at radius 2 is 1.61 bits per heavy atom. The first-order chi connectivity index (χ1) is 13.4. The molecule has 28 heavy (non-hydrogen) atoms. The lowest BCUT2D eigenvalue weighted by atomic mass is 9.71. The molecule has 2 saturated carbocycles. The molecular weight excluding hydrogens is 368 g/mol. The van der Waals surface area contributed by atoms with Gasteiger partial charge in [0.15, 0.2) is 0 Å². The Bertz CT molecular complexity index is 809. The second kappa shape index (κ2) is 7.94. The number of hydrogen-bond donors (Lipinski definition) is 1. The van der Waals surface area contributed by atoms with Crippen LogP contribution in [0.4, 0.5) is 0 Å². The van der Waals surface area contributed by atoms with Gasteiger partial charge in [-0.2, -0.15) is 0 Å². The van der Waals surface area contributed by atoms with E-state index in [4.69, 9.17) is 5.11 Å². The molecule has 1 heterocycles. The van der Waals surface area contributed by atoms with Crippen LogP contribution < -0.4 is 0 Å². The van der Waals surface area contributed by atoms with Gasteiger partial charge in [0.2, 0.25) is 0 Å². The fourth-order valence-corrected chi connectivity index (χ4v) is 5.75. The molecule has 4 rings (SSSR count). The average Bonchev–Trinajstić information content (AvgIpc) is 3.18. The minimum absolute atomic E-state index is 0.179. The van der Waals surface area contributed by atoms with Gasteiger partial charge in [0.05, 0.1) is 5.92 Å². The maximum absolute atomic E-state index is 11.1. The number of aromatic nitrogens is 2. The summed E-state index contributed by atoms with van der Waals surface area (Å²) >= 11 is 1.67. The van der Waals surface area contributed by atoms with E-state index in [-0.39, 0.29) is 5.92 Å². The molecule has 1 aromatic heterocycles. The van der Waals surface area contributed by atoms with Crippen LogP contribution in [0.5, 0.6) is 0 Å². The lowest BCUT2D eigenvalue weighted by Crippen LogP contribution is -2.20. The summed E-state index contributed by atoms with van der Waals surface area (Å²) in [5.41, 5.74) is 3.10. The van der Waals surface area contributed by atoms with Crippen molar-refractivity contribution in [3.8, 4) is 10.6 Å². The number of hydrogen-bond acceptors (Lipinski definition) is 4. The van der Waals surface area contributed by atoms with E-state index < -0.39 is 5.97 Å². The molecule has 1 N–H and O–H groups in total. The Morgan fingerprint density at radius 3 is 2.21 bits per heavy atom. The molecule has 1 aromatic carbocycles. The number of benzene rings is 1. The van der Waals surface area contributed by atoms with Gasteiger partial charge in [-0.1, -0.05) is 49.4 Å². The number of nitrogens with zero attached hydrogens (tertiary/aromatic N) is 2. The van der Waals surface area contributed by atoms with Gasteiger partial charge in [0.1, 0.15) is 10.0 Å². The summed E-state index contributed by atoms with van der Waals surface area (Å²) in [5.74, 6) is 0.225. The maximum atomic E-state index is 11.1. The van der Waals surface area contributed by atoms with E-state index in [0.717, 1.165) is 41.3 Å². The number of carboxylic acids is 1. The molecule has 4 nitrogen and oxygen atoms in total. The van der Waals surface area contributed by atoms with Gasteiger partial charge in [-0.05, 0) is 68.3 Å². The minimum atomic E-state index is -0.655. The van der Waals surface area contributed by atoms with Crippen LogP contribution in [0, 0.1) is 11.3 Å². The van der Waals surface area contributed by atoms with Gasteiger partial charge < -0.3 is 5.11 Å². The molecule has 2 aliphatic rings. The van der Waals surface area contributed by atoms with Gasteiger partial charge in [0.25, 0.3) is 0 Å². The lowest BCUT2D eigenvalue weighted by molar-refractivity contribution is -0.142. The summed E-state index contributed by atoms with van der Waals surface area (Å²) in [6.45, 7) is 4.76. The predicted octanol–water partition coefficient (Wildman–Crippen LogP) is 6.25. The highest BCUT2D eigenvalue weighted by molar-refractivity contribution is 7.14. The van der Waals surface area contributed by atoms with E-state index in [1.165, 1.54) is 31.2 Å². The summed E-state index contributed by atoms with van der Waals surface area (Å²) in [6.07, 6.45) is 8.50. The molecule has 0 amide bonds. The zero-order valence-corrected chi connectivity index (χ0v) is 17.7. The Hall–Kier alpha value is -1.75. The fraction of sp³-hybridized carbons (Fsp3) is 0.609. The summed E-state index contributed by atoms with van der Waals surface area (Å²) in [7, 11) is 0. The highest BCUT2D eigenvalue weighted by atomic mass is 32.1. The van der Waals surface area contributed by atoms with Crippen molar-refractivity contribution in [1.82, 2.24) is 10.2 Å². The normalized spacial score (nSPS) is 25.5. The minimum Gasteiger partial charge on any atom is -0.481 e. The van der Waals surface area contributed by atoms with Crippen molar-refractivity contribution in [1.29, 1.82) is 0 Å². The van der Waals surface area contributed by atoms with Crippen LogP contribution in [0.15, 0.2) is 24.3 Å². The molecule has 150 valence electrons. The molecule has 2 fully saturated rings. The molecule has 2 aliphatic carbocycles. The maximum Gasteiger partial charge on any atom is 0.306 e. The summed E-state index contributed by atoms with van der Waals surface area (Å²) in [5, 5.41) is 20.1. The number of carbonyl (C=O) groups is 1. The second-order valence-corrected chi connectivity index (χ2v) is 10.4. The first kappa shape index (κ1) is 19.6. The number of rotatable bonds is 4. The molecular formula is C23H30N2O2S. The topological polar surface area (TPSA) is 63.1 Å². The molecule has 0 spiro atoms. The number of carboxylic acid groups (broad SMARTS) is 1. The Morgan fingerprint density at radius 1 is 0.964 bits per heavy atom. The summed E-state index contributed by atoms with van der Waals surface area (Å²) in [6, 6.07) is 8.94. The quantitative estimate of drug-likeness (QED) is 0.661. The lowest BCUT2D eigenvalue weighted by Gasteiger charge is -2.34. The largest absolute Gasteiger partial charge is 0.481 e. The van der Waals surface area contributed by atoms with Crippen molar-refractivity contribution in [2.75, 3.05) is 0 Å². The third kappa shape index (κ3) is 4.29. The van der Waals surface area contributed by atoms with Crippen LogP contribution in [-0.4, -0.2) is 21.3 Å². The van der Waals surface area contributed by atoms with Crippen LogP contribution >= 0.6 is 11.3 Å². The van der Waals surface area contributed by atoms with Gasteiger partial charge in [-0.25, -0.2) is 0 Å². The highest BCUT2D eigenvalue weighted by Crippen LogP contribution is 2.43. The molecule has 0 radical (unpaired) electrons. The zero-order valence-electron chi connectivity index (χ0n) is 16.9. The summed E-state index contributed by atoms with van der Waals surface area (Å²) < 4.78 is 0. The first-order valence-electron chi connectivity index (χ1n) is 10.6. The van der Waals surface area contributed by atoms with Crippen molar-refractivity contribution in [2.45, 2.75) is 77.0 Å². The smallest absolute Gasteiger partial charge is 0.306 e. The van der Waals surface area contributed by atoms with E-state index >= 15 is 0 Å². The first-order valence-corrected chi connectivity index (χ1v) is 11.4. The molecule has 2 aromatic rings. The predicted molar refractivity (Wildman–Crippen MR) is 113 cm³/mol. The van der Waals surface area contributed by atoms with Crippen LogP contribution in [0.2, 0.25) is 0 Å². The van der Waals surface area contributed by atoms with Crippen LogP contribution in [-0.2, 0) is 4.79 Å². The SMILES string of the molecule is CC1(C)CCC(c2ccc(-c3nnc([C@H]4CC[C@H](C(=O)O)CC4)s3)cc2)CC1. The van der Waals surface area contributed by atoms with E-state index in [0.29, 0.717) is 17.3 Å². The van der Waals surface area contributed by atoms with Crippen molar-refractivity contribution >= 4 is 17.3 Å². The van der Waals surface area contributed by atoms with Crippen molar-refractivity contribution in [3.63, 3.8) is 0 Å². The third-order valence-corrected chi connectivity index (χ3v) is 7.97. The summed E-state index contributed by atoms with van der Waals surface area (Å²) in [4.78, 5) is 11.1.